The summed E-state index contributed by atoms with van der Waals surface area (Å²) in [6.45, 7) is 0. The molecule has 0 amide bonds. The molecule has 0 saturated heterocycles. The SMILES string of the molecule is Clc1c(Cl)c(Cl)c2sc(CSc3ccccc3)nc2c1Cl. The average Bonchev–Trinajstić information content (AvgIpc) is 2.94. The third-order valence-corrected chi connectivity index (χ3v) is 6.95. The first kappa shape index (κ1) is 15.7. The number of nitrogens with zero attached hydrogens (tertiary/aromatic N) is 1. The lowest BCUT2D eigenvalue weighted by Crippen LogP contribution is -1.80. The largest absolute Gasteiger partial charge is 0.239 e. The zero-order valence-corrected chi connectivity index (χ0v) is 15.0. The van der Waals surface area contributed by atoms with Gasteiger partial charge in [0.25, 0.3) is 0 Å². The van der Waals surface area contributed by atoms with Gasteiger partial charge in [0, 0.05) is 4.90 Å². The molecule has 0 fully saturated rings. The molecular weight excluding hydrogens is 388 g/mol. The summed E-state index contributed by atoms with van der Waals surface area (Å²) in [5, 5.41) is 2.23. The van der Waals surface area contributed by atoms with Gasteiger partial charge in [0.1, 0.15) is 10.5 Å². The van der Waals surface area contributed by atoms with Crippen LogP contribution in [0.15, 0.2) is 35.2 Å². The molecule has 0 N–H and O–H groups in total. The predicted molar refractivity (Wildman–Crippen MR) is 95.7 cm³/mol. The monoisotopic (exact) mass is 393 g/mol. The van der Waals surface area contributed by atoms with Gasteiger partial charge in [-0.15, -0.1) is 23.1 Å². The Labute approximate surface area is 150 Å². The molecule has 0 unspecified atom stereocenters. The molecular formula is C14H7Cl4NS2. The van der Waals surface area contributed by atoms with Gasteiger partial charge in [-0.1, -0.05) is 64.6 Å². The Morgan fingerprint density at radius 1 is 0.905 bits per heavy atom. The van der Waals surface area contributed by atoms with Crippen LogP contribution < -0.4 is 0 Å². The summed E-state index contributed by atoms with van der Waals surface area (Å²) >= 11 is 27.7. The fraction of sp³-hybridized carbons (Fsp3) is 0.0714. The van der Waals surface area contributed by atoms with E-state index in [4.69, 9.17) is 46.4 Å². The number of hydrogen-bond acceptors (Lipinski definition) is 3. The van der Waals surface area contributed by atoms with Crippen molar-refractivity contribution < 1.29 is 0 Å². The van der Waals surface area contributed by atoms with Crippen LogP contribution in [0.25, 0.3) is 10.2 Å². The van der Waals surface area contributed by atoms with Crippen molar-refractivity contribution in [3.8, 4) is 0 Å². The van der Waals surface area contributed by atoms with Crippen molar-refractivity contribution in [2.75, 3.05) is 0 Å². The van der Waals surface area contributed by atoms with Crippen LogP contribution in [-0.4, -0.2) is 4.98 Å². The van der Waals surface area contributed by atoms with Gasteiger partial charge in [-0.25, -0.2) is 4.98 Å². The zero-order valence-electron chi connectivity index (χ0n) is 10.4. The molecule has 0 bridgehead atoms. The highest BCUT2D eigenvalue weighted by molar-refractivity contribution is 7.98. The first-order valence-electron chi connectivity index (χ1n) is 5.87. The van der Waals surface area contributed by atoms with Crippen molar-refractivity contribution in [3.63, 3.8) is 0 Å². The highest BCUT2D eigenvalue weighted by Crippen LogP contribution is 2.45. The Bertz CT molecular complexity index is 757. The maximum Gasteiger partial charge on any atom is 0.104 e. The van der Waals surface area contributed by atoms with Gasteiger partial charge in [-0.2, -0.15) is 0 Å². The summed E-state index contributed by atoms with van der Waals surface area (Å²) in [6.07, 6.45) is 0. The van der Waals surface area contributed by atoms with Crippen LogP contribution in [0.1, 0.15) is 5.01 Å². The van der Waals surface area contributed by atoms with E-state index in [1.54, 1.807) is 11.8 Å². The molecule has 1 aromatic heterocycles. The average molecular weight is 395 g/mol. The van der Waals surface area contributed by atoms with Crippen molar-refractivity contribution in [2.24, 2.45) is 0 Å². The predicted octanol–water partition coefficient (Wildman–Crippen LogP) is 7.20. The Morgan fingerprint density at radius 3 is 2.29 bits per heavy atom. The summed E-state index contributed by atoms with van der Waals surface area (Å²) in [5.41, 5.74) is 0.615. The van der Waals surface area contributed by atoms with E-state index in [0.717, 1.165) is 15.5 Å². The number of fused-ring (bicyclic) bond motifs is 1. The first-order valence-corrected chi connectivity index (χ1v) is 9.18. The zero-order chi connectivity index (χ0) is 15.0. The van der Waals surface area contributed by atoms with E-state index in [1.165, 1.54) is 16.2 Å². The van der Waals surface area contributed by atoms with Crippen LogP contribution >= 0.6 is 69.5 Å². The molecule has 7 heteroatoms. The summed E-state index contributed by atoms with van der Waals surface area (Å²) in [6, 6.07) is 10.1. The van der Waals surface area contributed by atoms with Crippen molar-refractivity contribution >= 4 is 79.7 Å². The lowest BCUT2D eigenvalue weighted by atomic mass is 10.3. The van der Waals surface area contributed by atoms with Crippen LogP contribution in [0.4, 0.5) is 0 Å². The van der Waals surface area contributed by atoms with Gasteiger partial charge in [0.2, 0.25) is 0 Å². The number of thioether (sulfide) groups is 1. The van der Waals surface area contributed by atoms with E-state index in [-0.39, 0.29) is 10.0 Å². The van der Waals surface area contributed by atoms with E-state index in [2.05, 4.69) is 17.1 Å². The van der Waals surface area contributed by atoms with E-state index in [9.17, 15) is 0 Å². The van der Waals surface area contributed by atoms with E-state index in [1.807, 2.05) is 18.2 Å². The molecule has 0 saturated carbocycles. The van der Waals surface area contributed by atoms with E-state index in [0.29, 0.717) is 15.6 Å². The van der Waals surface area contributed by atoms with E-state index >= 15 is 0 Å². The van der Waals surface area contributed by atoms with Crippen LogP contribution in [0.3, 0.4) is 0 Å². The molecule has 1 nitrogen and oxygen atoms in total. The van der Waals surface area contributed by atoms with Crippen LogP contribution in [-0.2, 0) is 5.75 Å². The van der Waals surface area contributed by atoms with Gasteiger partial charge < -0.3 is 0 Å². The van der Waals surface area contributed by atoms with Crippen LogP contribution in [0.2, 0.25) is 20.1 Å². The van der Waals surface area contributed by atoms with Crippen molar-refractivity contribution in [3.05, 3.63) is 55.4 Å². The second-order valence-corrected chi connectivity index (χ2v) is 7.79. The molecule has 0 aliphatic rings. The molecule has 0 atom stereocenters. The van der Waals surface area contributed by atoms with Crippen LogP contribution in [0, 0.1) is 0 Å². The molecule has 1 heterocycles. The number of aromatic nitrogens is 1. The highest BCUT2D eigenvalue weighted by atomic mass is 35.5. The maximum atomic E-state index is 6.22. The van der Waals surface area contributed by atoms with Crippen molar-refractivity contribution in [1.82, 2.24) is 4.98 Å². The molecule has 0 spiro atoms. The molecule has 21 heavy (non-hydrogen) atoms. The maximum absolute atomic E-state index is 6.22. The fourth-order valence-electron chi connectivity index (χ4n) is 1.78. The Hall–Kier alpha value is -0.160. The molecule has 0 aliphatic heterocycles. The number of benzene rings is 2. The Morgan fingerprint density at radius 2 is 1.57 bits per heavy atom. The van der Waals surface area contributed by atoms with Gasteiger partial charge in [-0.05, 0) is 12.1 Å². The third kappa shape index (κ3) is 3.14. The molecule has 3 aromatic rings. The van der Waals surface area contributed by atoms with Crippen molar-refractivity contribution in [1.29, 1.82) is 0 Å². The highest BCUT2D eigenvalue weighted by Gasteiger charge is 2.18. The molecule has 0 radical (unpaired) electrons. The topological polar surface area (TPSA) is 12.9 Å². The first-order chi connectivity index (χ1) is 10.1. The quantitative estimate of drug-likeness (QED) is 0.264. The fourth-order valence-corrected chi connectivity index (χ4v) is 4.82. The lowest BCUT2D eigenvalue weighted by molar-refractivity contribution is 1.30. The van der Waals surface area contributed by atoms with Gasteiger partial charge in [0.15, 0.2) is 0 Å². The molecule has 0 aliphatic carbocycles. The standard InChI is InChI=1S/C14H7Cl4NS2/c15-9-10(16)12(18)14-13(11(9)17)19-8(21-14)6-20-7-4-2-1-3-5-7/h1-5H,6H2. The van der Waals surface area contributed by atoms with Gasteiger partial charge in [-0.3, -0.25) is 0 Å². The summed E-state index contributed by atoms with van der Waals surface area (Å²) < 4.78 is 0.778. The second kappa shape index (κ2) is 6.53. The molecule has 108 valence electrons. The summed E-state index contributed by atoms with van der Waals surface area (Å²) in [5.74, 6) is 0.741. The molecule has 3 rings (SSSR count). The second-order valence-electron chi connectivity index (χ2n) is 4.14. The lowest BCUT2D eigenvalue weighted by Gasteiger charge is -2.02. The minimum absolute atomic E-state index is 0.253. The number of hydrogen-bond donors (Lipinski definition) is 0. The minimum atomic E-state index is 0.253. The number of thiazole rings is 1. The van der Waals surface area contributed by atoms with Crippen LogP contribution in [0.5, 0.6) is 0 Å². The smallest absolute Gasteiger partial charge is 0.104 e. The van der Waals surface area contributed by atoms with E-state index < -0.39 is 0 Å². The number of rotatable bonds is 3. The van der Waals surface area contributed by atoms with Gasteiger partial charge >= 0.3 is 0 Å². The Balaban J connectivity index is 1.95. The van der Waals surface area contributed by atoms with Gasteiger partial charge in [0.05, 0.1) is 30.5 Å². The van der Waals surface area contributed by atoms with Crippen molar-refractivity contribution in [2.45, 2.75) is 10.6 Å². The Kier molecular flexibility index (Phi) is 4.89. The molecule has 2 aromatic carbocycles. The third-order valence-electron chi connectivity index (χ3n) is 2.76. The summed E-state index contributed by atoms with van der Waals surface area (Å²) in [4.78, 5) is 5.71. The summed E-state index contributed by atoms with van der Waals surface area (Å²) in [7, 11) is 0. The minimum Gasteiger partial charge on any atom is -0.239 e. The number of halogens is 4. The normalized spacial score (nSPS) is 11.2.